The second-order valence-corrected chi connectivity index (χ2v) is 10.4. The van der Waals surface area contributed by atoms with Crippen LogP contribution in [-0.2, 0) is 48.9 Å². The highest BCUT2D eigenvalue weighted by Crippen LogP contribution is 2.11. The number of nitrogens with one attached hydrogen (secondary N) is 3. The van der Waals surface area contributed by atoms with Crippen LogP contribution < -0.4 is 16.0 Å². The molecule has 0 aliphatic heterocycles. The number of unbranched alkanes of at least 4 members (excludes halogenated alkanes) is 1. The van der Waals surface area contributed by atoms with Crippen LogP contribution in [0.3, 0.4) is 0 Å². The standard InChI is InChI=1S/C28H42N3O10P/c1-6-7-15-38-27(35)24(19(4)41-28(36)39-17-40-42-37)31-26(34)23(16-18(2)3)30-25(33)22(29-20(5)32)14-13-21-11-9-8-10-12-21/h8-12,18-19,22-24H,6-7,13-17H2,1-5H3,(H,29,32)(H,30,33)(H,31,34)/t19-,22+,23+,24+/m1/s1. The first-order chi connectivity index (χ1) is 20.0. The molecule has 0 saturated carbocycles. The zero-order valence-electron chi connectivity index (χ0n) is 24.8. The Balaban J connectivity index is 3.07. The number of ether oxygens (including phenoxy) is 3. The van der Waals surface area contributed by atoms with Crippen LogP contribution in [0.1, 0.15) is 65.9 Å². The van der Waals surface area contributed by atoms with Crippen molar-refractivity contribution in [1.29, 1.82) is 0 Å². The number of amides is 3. The van der Waals surface area contributed by atoms with E-state index in [1.807, 2.05) is 51.1 Å². The molecular formula is C28H42N3O10P. The van der Waals surface area contributed by atoms with Gasteiger partial charge in [0.2, 0.25) is 24.5 Å². The molecule has 3 amide bonds. The number of carbonyl (C=O) groups excluding carboxylic acids is 5. The third-order valence-electron chi connectivity index (χ3n) is 5.93. The summed E-state index contributed by atoms with van der Waals surface area (Å²) in [4.78, 5) is 63.4. The molecule has 234 valence electrons. The van der Waals surface area contributed by atoms with Gasteiger partial charge < -0.3 is 30.2 Å². The van der Waals surface area contributed by atoms with Gasteiger partial charge in [-0.15, -0.1) is 0 Å². The van der Waals surface area contributed by atoms with Gasteiger partial charge in [0.05, 0.1) is 6.61 Å². The summed E-state index contributed by atoms with van der Waals surface area (Å²) >= 11 is 0. The summed E-state index contributed by atoms with van der Waals surface area (Å²) in [6.45, 7) is 7.70. The Morgan fingerprint density at radius 1 is 0.905 bits per heavy atom. The van der Waals surface area contributed by atoms with Crippen molar-refractivity contribution in [3.63, 3.8) is 0 Å². The van der Waals surface area contributed by atoms with Gasteiger partial charge in [0.25, 0.3) is 0 Å². The molecule has 4 atom stereocenters. The van der Waals surface area contributed by atoms with Crippen LogP contribution in [0.2, 0.25) is 0 Å². The third-order valence-corrected chi connectivity index (χ3v) is 6.14. The van der Waals surface area contributed by atoms with Crippen LogP contribution in [0.25, 0.3) is 0 Å². The quantitative estimate of drug-likeness (QED) is 0.0912. The van der Waals surface area contributed by atoms with E-state index in [2.05, 4.69) is 25.2 Å². The number of rotatable bonds is 19. The van der Waals surface area contributed by atoms with E-state index in [-0.39, 0.29) is 18.9 Å². The average molecular weight is 612 g/mol. The molecule has 0 radical (unpaired) electrons. The van der Waals surface area contributed by atoms with Crippen LogP contribution >= 0.6 is 8.69 Å². The lowest BCUT2D eigenvalue weighted by atomic mass is 10.0. The largest absolute Gasteiger partial charge is 0.510 e. The lowest BCUT2D eigenvalue weighted by Gasteiger charge is -2.28. The number of esters is 1. The molecule has 0 fully saturated rings. The number of benzene rings is 1. The molecule has 0 aliphatic rings. The Morgan fingerprint density at radius 3 is 2.17 bits per heavy atom. The molecule has 0 saturated heterocycles. The van der Waals surface area contributed by atoms with Crippen molar-refractivity contribution in [3.05, 3.63) is 35.9 Å². The van der Waals surface area contributed by atoms with E-state index in [4.69, 9.17) is 9.47 Å². The van der Waals surface area contributed by atoms with Crippen LogP contribution in [-0.4, -0.2) is 67.5 Å². The topological polar surface area (TPSA) is 175 Å². The average Bonchev–Trinajstić information content (AvgIpc) is 2.93. The lowest BCUT2D eigenvalue weighted by molar-refractivity contribution is -0.152. The Morgan fingerprint density at radius 2 is 1.57 bits per heavy atom. The van der Waals surface area contributed by atoms with E-state index in [0.29, 0.717) is 19.3 Å². The molecular weight excluding hydrogens is 569 g/mol. The van der Waals surface area contributed by atoms with Crippen molar-refractivity contribution in [2.24, 2.45) is 5.92 Å². The lowest BCUT2D eigenvalue weighted by Crippen LogP contribution is -2.58. The summed E-state index contributed by atoms with van der Waals surface area (Å²) in [5.74, 6) is -2.56. The van der Waals surface area contributed by atoms with E-state index in [9.17, 15) is 28.5 Å². The zero-order chi connectivity index (χ0) is 31.5. The fraction of sp³-hybridized carbons (Fsp3) is 0.607. The molecule has 0 heterocycles. The SMILES string of the molecule is CCCCOC(=O)[C@@H](NC(=O)[C@H](CC(C)C)NC(=O)[C@H](CCc1ccccc1)NC(C)=O)[C@@H](C)OC(=O)OCOP=O. The van der Waals surface area contributed by atoms with Crippen molar-refractivity contribution in [3.8, 4) is 0 Å². The van der Waals surface area contributed by atoms with Gasteiger partial charge >= 0.3 is 20.8 Å². The maximum absolute atomic E-state index is 13.4. The Kier molecular flexibility index (Phi) is 17.6. The van der Waals surface area contributed by atoms with Gasteiger partial charge in [-0.05, 0) is 44.1 Å². The fourth-order valence-electron chi connectivity index (χ4n) is 3.82. The molecule has 1 aromatic rings. The summed E-state index contributed by atoms with van der Waals surface area (Å²) in [5, 5.41) is 7.87. The normalized spacial score (nSPS) is 13.8. The monoisotopic (exact) mass is 611 g/mol. The first kappa shape index (κ1) is 36.5. The molecule has 1 rings (SSSR count). The fourth-order valence-corrected chi connectivity index (χ4v) is 3.92. The van der Waals surface area contributed by atoms with Crippen LogP contribution in [0.5, 0.6) is 0 Å². The van der Waals surface area contributed by atoms with Crippen LogP contribution in [0.4, 0.5) is 4.79 Å². The summed E-state index contributed by atoms with van der Waals surface area (Å²) in [6.07, 6.45) is -0.122. The maximum Gasteiger partial charge on any atom is 0.510 e. The van der Waals surface area contributed by atoms with Gasteiger partial charge in [-0.25, -0.2) is 14.2 Å². The van der Waals surface area contributed by atoms with Gasteiger partial charge in [-0.1, -0.05) is 57.5 Å². The van der Waals surface area contributed by atoms with Crippen LogP contribution in [0, 0.1) is 5.92 Å². The molecule has 3 N–H and O–H groups in total. The Hall–Kier alpha value is -3.57. The molecule has 1 aromatic carbocycles. The summed E-state index contributed by atoms with van der Waals surface area (Å²) in [6, 6.07) is 6.02. The van der Waals surface area contributed by atoms with Crippen molar-refractivity contribution >= 4 is 38.5 Å². The molecule has 14 heteroatoms. The molecule has 0 aliphatic carbocycles. The maximum atomic E-state index is 13.4. The highest BCUT2D eigenvalue weighted by Gasteiger charge is 2.35. The number of carbonyl (C=O) groups is 5. The summed E-state index contributed by atoms with van der Waals surface area (Å²) in [7, 11) is -0.704. The predicted molar refractivity (Wildman–Crippen MR) is 152 cm³/mol. The van der Waals surface area contributed by atoms with E-state index in [1.54, 1.807) is 0 Å². The molecule has 0 bridgehead atoms. The van der Waals surface area contributed by atoms with Gasteiger partial charge in [-0.2, -0.15) is 0 Å². The predicted octanol–water partition coefficient (Wildman–Crippen LogP) is 3.21. The van der Waals surface area contributed by atoms with Crippen molar-refractivity contribution in [2.45, 2.75) is 91.0 Å². The molecule has 0 aromatic heterocycles. The Labute approximate surface area is 248 Å². The van der Waals surface area contributed by atoms with E-state index in [0.717, 1.165) is 12.0 Å². The third kappa shape index (κ3) is 14.9. The molecule has 42 heavy (non-hydrogen) atoms. The number of hydrogen-bond donors (Lipinski definition) is 3. The second-order valence-electron chi connectivity index (χ2n) is 10.0. The highest BCUT2D eigenvalue weighted by atomic mass is 31.1. The van der Waals surface area contributed by atoms with Gasteiger partial charge in [-0.3, -0.25) is 18.9 Å². The van der Waals surface area contributed by atoms with Gasteiger partial charge in [0.1, 0.15) is 18.2 Å². The first-order valence-corrected chi connectivity index (χ1v) is 14.6. The molecule has 0 spiro atoms. The molecule has 0 unspecified atom stereocenters. The minimum Gasteiger partial charge on any atom is -0.464 e. The van der Waals surface area contributed by atoms with E-state index < -0.39 is 69.6 Å². The Bertz CT molecular complexity index is 1020. The zero-order valence-corrected chi connectivity index (χ0v) is 25.6. The summed E-state index contributed by atoms with van der Waals surface area (Å²) in [5.41, 5.74) is 0.980. The van der Waals surface area contributed by atoms with E-state index >= 15 is 0 Å². The minimum absolute atomic E-state index is 0.0384. The number of aryl methyl sites for hydroxylation is 1. The van der Waals surface area contributed by atoms with Crippen molar-refractivity contribution < 1.29 is 47.3 Å². The van der Waals surface area contributed by atoms with Crippen molar-refractivity contribution in [1.82, 2.24) is 16.0 Å². The summed E-state index contributed by atoms with van der Waals surface area (Å²) < 4.78 is 29.7. The van der Waals surface area contributed by atoms with Crippen molar-refractivity contribution in [2.75, 3.05) is 13.4 Å². The van der Waals surface area contributed by atoms with Gasteiger partial charge in [0.15, 0.2) is 6.04 Å². The number of hydrogen-bond acceptors (Lipinski definition) is 10. The smallest absolute Gasteiger partial charge is 0.464 e. The highest BCUT2D eigenvalue weighted by molar-refractivity contribution is 7.17. The second kappa shape index (κ2) is 20.3. The minimum atomic E-state index is -1.43. The van der Waals surface area contributed by atoms with Gasteiger partial charge in [0, 0.05) is 6.92 Å². The molecule has 13 nitrogen and oxygen atoms in total. The van der Waals surface area contributed by atoms with Crippen LogP contribution in [0.15, 0.2) is 30.3 Å². The first-order valence-electron chi connectivity index (χ1n) is 13.8. The van der Waals surface area contributed by atoms with E-state index in [1.165, 1.54) is 13.8 Å².